The van der Waals surface area contributed by atoms with Crippen LogP contribution >= 0.6 is 0 Å². The largest absolute Gasteiger partial charge is 0.497 e. The first kappa shape index (κ1) is 12.0. The van der Waals surface area contributed by atoms with Gasteiger partial charge in [0.1, 0.15) is 11.6 Å². The number of Topliss-reactive ketones (excluding diaryl/α,β-unsaturated/α-hetero) is 1. The van der Waals surface area contributed by atoms with Crippen LogP contribution in [0.5, 0.6) is 5.75 Å². The number of halogens is 1. The van der Waals surface area contributed by atoms with Crippen LogP contribution in [-0.2, 0) is 0 Å². The van der Waals surface area contributed by atoms with Crippen molar-refractivity contribution in [3.8, 4) is 5.75 Å². The normalized spacial score (nSPS) is 23.7. The molecule has 2 atom stereocenters. The Kier molecular flexibility index (Phi) is 3.43. The van der Waals surface area contributed by atoms with Gasteiger partial charge in [0.05, 0.1) is 12.7 Å². The van der Waals surface area contributed by atoms with E-state index in [2.05, 4.69) is 0 Å². The lowest BCUT2D eigenvalue weighted by Gasteiger charge is -2.10. The maximum absolute atomic E-state index is 13.7. The van der Waals surface area contributed by atoms with E-state index in [1.807, 2.05) is 0 Å². The number of carbonyl (C=O) groups is 1. The zero-order valence-electron chi connectivity index (χ0n) is 9.78. The number of methoxy groups -OCH3 is 1. The van der Waals surface area contributed by atoms with E-state index in [-0.39, 0.29) is 23.3 Å². The highest BCUT2D eigenvalue weighted by atomic mass is 19.1. The molecule has 4 heteroatoms. The van der Waals surface area contributed by atoms with E-state index in [1.165, 1.54) is 19.2 Å². The fraction of sp³-hybridized carbons (Fsp3) is 0.462. The van der Waals surface area contributed by atoms with Gasteiger partial charge in [-0.25, -0.2) is 4.39 Å². The van der Waals surface area contributed by atoms with Crippen LogP contribution in [0.1, 0.15) is 29.6 Å². The maximum atomic E-state index is 13.7. The molecule has 1 aliphatic carbocycles. The van der Waals surface area contributed by atoms with Gasteiger partial charge < -0.3 is 10.5 Å². The van der Waals surface area contributed by atoms with Gasteiger partial charge >= 0.3 is 0 Å². The summed E-state index contributed by atoms with van der Waals surface area (Å²) in [6, 6.07) is 4.40. The Hall–Kier alpha value is -1.42. The lowest BCUT2D eigenvalue weighted by Crippen LogP contribution is -2.18. The molecule has 1 fully saturated rings. The molecule has 17 heavy (non-hydrogen) atoms. The topological polar surface area (TPSA) is 52.3 Å². The maximum Gasteiger partial charge on any atom is 0.168 e. The highest BCUT2D eigenvalue weighted by Gasteiger charge is 2.29. The molecule has 2 unspecified atom stereocenters. The van der Waals surface area contributed by atoms with Crippen molar-refractivity contribution in [3.05, 3.63) is 29.6 Å². The average Bonchev–Trinajstić information content (AvgIpc) is 2.75. The van der Waals surface area contributed by atoms with Gasteiger partial charge in [-0.15, -0.1) is 0 Å². The van der Waals surface area contributed by atoms with E-state index in [0.717, 1.165) is 12.8 Å². The first-order chi connectivity index (χ1) is 8.11. The molecule has 0 saturated heterocycles. The number of ketones is 1. The van der Waals surface area contributed by atoms with Crippen molar-refractivity contribution in [1.82, 2.24) is 0 Å². The number of nitrogens with two attached hydrogens (primary N) is 1. The quantitative estimate of drug-likeness (QED) is 0.819. The molecule has 1 aliphatic rings. The van der Waals surface area contributed by atoms with E-state index in [9.17, 15) is 9.18 Å². The average molecular weight is 237 g/mol. The summed E-state index contributed by atoms with van der Waals surface area (Å²) in [6.45, 7) is 0. The lowest BCUT2D eigenvalue weighted by atomic mass is 9.95. The second-order valence-electron chi connectivity index (χ2n) is 4.48. The molecule has 2 rings (SSSR count). The highest BCUT2D eigenvalue weighted by Crippen LogP contribution is 2.29. The SMILES string of the molecule is COc1ccc(C(=O)C2CCC(N)C2)c(F)c1. The molecule has 0 bridgehead atoms. The van der Waals surface area contributed by atoms with Gasteiger partial charge in [0.25, 0.3) is 0 Å². The molecule has 1 aromatic carbocycles. The van der Waals surface area contributed by atoms with Crippen LogP contribution in [0.3, 0.4) is 0 Å². The van der Waals surface area contributed by atoms with E-state index in [0.29, 0.717) is 12.2 Å². The van der Waals surface area contributed by atoms with E-state index < -0.39 is 5.82 Å². The second-order valence-corrected chi connectivity index (χ2v) is 4.48. The Morgan fingerprint density at radius 2 is 2.24 bits per heavy atom. The summed E-state index contributed by atoms with van der Waals surface area (Å²) in [5.41, 5.74) is 5.90. The summed E-state index contributed by atoms with van der Waals surface area (Å²) < 4.78 is 18.6. The van der Waals surface area contributed by atoms with Crippen LogP contribution in [0, 0.1) is 11.7 Å². The van der Waals surface area contributed by atoms with Crippen LogP contribution < -0.4 is 10.5 Å². The summed E-state index contributed by atoms with van der Waals surface area (Å²) in [5.74, 6) is -0.372. The summed E-state index contributed by atoms with van der Waals surface area (Å²) >= 11 is 0. The van der Waals surface area contributed by atoms with Gasteiger partial charge in [0, 0.05) is 18.0 Å². The van der Waals surface area contributed by atoms with Crippen molar-refractivity contribution in [2.24, 2.45) is 11.7 Å². The van der Waals surface area contributed by atoms with Crippen LogP contribution in [0.15, 0.2) is 18.2 Å². The van der Waals surface area contributed by atoms with Crippen molar-refractivity contribution in [2.75, 3.05) is 7.11 Å². The molecule has 0 radical (unpaired) electrons. The smallest absolute Gasteiger partial charge is 0.168 e. The minimum atomic E-state index is -0.519. The predicted molar refractivity (Wildman–Crippen MR) is 62.6 cm³/mol. The van der Waals surface area contributed by atoms with Crippen molar-refractivity contribution in [1.29, 1.82) is 0 Å². The van der Waals surface area contributed by atoms with Gasteiger partial charge in [-0.2, -0.15) is 0 Å². The monoisotopic (exact) mass is 237 g/mol. The Bertz CT molecular complexity index is 433. The summed E-state index contributed by atoms with van der Waals surface area (Å²) in [6.07, 6.45) is 2.25. The van der Waals surface area contributed by atoms with Crippen molar-refractivity contribution in [2.45, 2.75) is 25.3 Å². The van der Waals surface area contributed by atoms with Gasteiger partial charge in [-0.1, -0.05) is 0 Å². The number of hydrogen-bond acceptors (Lipinski definition) is 3. The Morgan fingerprint density at radius 1 is 1.47 bits per heavy atom. The lowest BCUT2D eigenvalue weighted by molar-refractivity contribution is 0.0917. The van der Waals surface area contributed by atoms with Crippen LogP contribution in [0.4, 0.5) is 4.39 Å². The number of benzene rings is 1. The molecule has 0 aromatic heterocycles. The Morgan fingerprint density at radius 3 is 2.76 bits per heavy atom. The van der Waals surface area contributed by atoms with Crippen LogP contribution in [0.2, 0.25) is 0 Å². The van der Waals surface area contributed by atoms with Gasteiger partial charge in [0.15, 0.2) is 5.78 Å². The molecule has 0 amide bonds. The van der Waals surface area contributed by atoms with E-state index in [1.54, 1.807) is 6.07 Å². The predicted octanol–water partition coefficient (Wildman–Crippen LogP) is 2.14. The molecule has 0 spiro atoms. The summed E-state index contributed by atoms with van der Waals surface area (Å²) in [7, 11) is 1.46. The van der Waals surface area contributed by atoms with E-state index in [4.69, 9.17) is 10.5 Å². The van der Waals surface area contributed by atoms with Gasteiger partial charge in [-0.05, 0) is 31.4 Å². The zero-order chi connectivity index (χ0) is 12.4. The van der Waals surface area contributed by atoms with Crippen molar-refractivity contribution in [3.63, 3.8) is 0 Å². The molecule has 0 aliphatic heterocycles. The van der Waals surface area contributed by atoms with Gasteiger partial charge in [-0.3, -0.25) is 4.79 Å². The first-order valence-corrected chi connectivity index (χ1v) is 5.75. The minimum Gasteiger partial charge on any atom is -0.497 e. The first-order valence-electron chi connectivity index (χ1n) is 5.75. The van der Waals surface area contributed by atoms with Crippen molar-refractivity contribution < 1.29 is 13.9 Å². The molecule has 3 nitrogen and oxygen atoms in total. The van der Waals surface area contributed by atoms with Crippen molar-refractivity contribution >= 4 is 5.78 Å². The fourth-order valence-corrected chi connectivity index (χ4v) is 2.30. The molecule has 92 valence electrons. The number of carbonyl (C=O) groups excluding carboxylic acids is 1. The molecule has 2 N–H and O–H groups in total. The summed E-state index contributed by atoms with van der Waals surface area (Å²) in [4.78, 5) is 12.1. The molecular weight excluding hydrogens is 221 g/mol. The Labute approximate surface area is 99.8 Å². The Balaban J connectivity index is 2.19. The number of ether oxygens (including phenoxy) is 1. The molecule has 0 heterocycles. The third-order valence-electron chi connectivity index (χ3n) is 3.29. The third-order valence-corrected chi connectivity index (χ3v) is 3.29. The van der Waals surface area contributed by atoms with Crippen LogP contribution in [0.25, 0.3) is 0 Å². The number of rotatable bonds is 3. The second kappa shape index (κ2) is 4.84. The standard InChI is InChI=1S/C13H16FNO2/c1-17-10-4-5-11(12(14)7-10)13(16)8-2-3-9(15)6-8/h4-5,7-9H,2-3,6,15H2,1H3. The third kappa shape index (κ3) is 2.47. The molecular formula is C13H16FNO2. The number of hydrogen-bond donors (Lipinski definition) is 1. The summed E-state index contributed by atoms with van der Waals surface area (Å²) in [5, 5.41) is 0. The molecule has 1 saturated carbocycles. The van der Waals surface area contributed by atoms with Crippen LogP contribution in [-0.4, -0.2) is 18.9 Å². The fourth-order valence-electron chi connectivity index (χ4n) is 2.30. The minimum absolute atomic E-state index is 0.0743. The van der Waals surface area contributed by atoms with E-state index >= 15 is 0 Å². The van der Waals surface area contributed by atoms with Gasteiger partial charge in [0.2, 0.25) is 0 Å². The highest BCUT2D eigenvalue weighted by molar-refractivity contribution is 5.98. The zero-order valence-corrected chi connectivity index (χ0v) is 9.78. The molecule has 1 aromatic rings.